The van der Waals surface area contributed by atoms with Gasteiger partial charge in [0.2, 0.25) is 5.91 Å². The Morgan fingerprint density at radius 3 is 2.58 bits per heavy atom. The molecule has 1 atom stereocenters. The van der Waals surface area contributed by atoms with Gasteiger partial charge in [-0.2, -0.15) is 0 Å². The average Bonchev–Trinajstić information content (AvgIpc) is 2.51. The van der Waals surface area contributed by atoms with E-state index in [1.807, 2.05) is 6.92 Å². The predicted octanol–water partition coefficient (Wildman–Crippen LogP) is 1.47. The molecule has 8 heteroatoms. The summed E-state index contributed by atoms with van der Waals surface area (Å²) in [7, 11) is 0. The van der Waals surface area contributed by atoms with Gasteiger partial charge < -0.3 is 20.1 Å². The fraction of sp³-hybridized carbons (Fsp3) is 0.438. The van der Waals surface area contributed by atoms with Crippen molar-refractivity contribution in [2.75, 3.05) is 19.7 Å². The first kappa shape index (κ1) is 19.8. The van der Waals surface area contributed by atoms with Crippen molar-refractivity contribution in [2.45, 2.75) is 26.8 Å². The minimum atomic E-state index is -1.13. The minimum Gasteiger partial charge on any atom is -0.484 e. The molecule has 1 rings (SSSR count). The smallest absolute Gasteiger partial charge is 0.326 e. The molecule has 24 heavy (non-hydrogen) atoms. The van der Waals surface area contributed by atoms with Gasteiger partial charge in [-0.25, -0.2) is 4.79 Å². The van der Waals surface area contributed by atoms with E-state index >= 15 is 0 Å². The molecule has 0 fully saturated rings. The van der Waals surface area contributed by atoms with Crippen LogP contribution in [0.3, 0.4) is 0 Å². The summed E-state index contributed by atoms with van der Waals surface area (Å²) in [5, 5.41) is 12.2. The average molecular weight is 357 g/mol. The molecule has 132 valence electrons. The van der Waals surface area contributed by atoms with E-state index in [2.05, 4.69) is 5.32 Å². The maximum atomic E-state index is 12.3. The number of carbonyl (C=O) groups excluding carboxylic acids is 2. The lowest BCUT2D eigenvalue weighted by atomic mass is 10.2. The SMILES string of the molecule is CC(=O)NCCN(C(=O)COc1ccc(Cl)c(C)c1)C(C)C(=O)O. The number of rotatable bonds is 8. The molecule has 2 N–H and O–H groups in total. The third-order valence-electron chi connectivity index (χ3n) is 3.36. The summed E-state index contributed by atoms with van der Waals surface area (Å²) < 4.78 is 5.41. The van der Waals surface area contributed by atoms with Crippen LogP contribution in [0.5, 0.6) is 5.75 Å². The Kier molecular flexibility index (Phi) is 7.51. The summed E-state index contributed by atoms with van der Waals surface area (Å²) >= 11 is 5.92. The van der Waals surface area contributed by atoms with Crippen molar-refractivity contribution in [3.8, 4) is 5.75 Å². The first-order valence-electron chi connectivity index (χ1n) is 7.38. The molecule has 1 aromatic carbocycles. The Labute approximate surface area is 145 Å². The number of hydrogen-bond donors (Lipinski definition) is 2. The van der Waals surface area contributed by atoms with Crippen LogP contribution in [0.4, 0.5) is 0 Å². The Morgan fingerprint density at radius 1 is 1.38 bits per heavy atom. The highest BCUT2D eigenvalue weighted by Gasteiger charge is 2.25. The molecule has 0 heterocycles. The second kappa shape index (κ2) is 9.12. The van der Waals surface area contributed by atoms with E-state index in [4.69, 9.17) is 21.4 Å². The van der Waals surface area contributed by atoms with Crippen molar-refractivity contribution in [2.24, 2.45) is 0 Å². The largest absolute Gasteiger partial charge is 0.484 e. The summed E-state index contributed by atoms with van der Waals surface area (Å²) in [4.78, 5) is 35.5. The number of amides is 2. The van der Waals surface area contributed by atoms with Crippen LogP contribution in [0.15, 0.2) is 18.2 Å². The van der Waals surface area contributed by atoms with E-state index in [9.17, 15) is 14.4 Å². The first-order valence-corrected chi connectivity index (χ1v) is 7.75. The summed E-state index contributed by atoms with van der Waals surface area (Å²) in [5.74, 6) is -1.40. The number of carboxylic acid groups (broad SMARTS) is 1. The van der Waals surface area contributed by atoms with E-state index in [0.29, 0.717) is 10.8 Å². The molecule has 0 bridgehead atoms. The van der Waals surface area contributed by atoms with Gasteiger partial charge in [0.1, 0.15) is 11.8 Å². The van der Waals surface area contributed by atoms with Gasteiger partial charge in [0, 0.05) is 25.0 Å². The normalized spacial score (nSPS) is 11.5. The van der Waals surface area contributed by atoms with Crippen LogP contribution in [-0.4, -0.2) is 53.5 Å². The van der Waals surface area contributed by atoms with Crippen LogP contribution < -0.4 is 10.1 Å². The lowest BCUT2D eigenvalue weighted by Crippen LogP contribution is -2.48. The van der Waals surface area contributed by atoms with Crippen LogP contribution in [0.25, 0.3) is 0 Å². The van der Waals surface area contributed by atoms with Crippen LogP contribution in [0.1, 0.15) is 19.4 Å². The fourth-order valence-corrected chi connectivity index (χ4v) is 2.07. The lowest BCUT2D eigenvalue weighted by Gasteiger charge is -2.26. The van der Waals surface area contributed by atoms with Gasteiger partial charge in [0.15, 0.2) is 6.61 Å². The monoisotopic (exact) mass is 356 g/mol. The zero-order valence-corrected chi connectivity index (χ0v) is 14.6. The molecular formula is C16H21ClN2O5. The number of aryl methyl sites for hydroxylation is 1. The van der Waals surface area contributed by atoms with Crippen molar-refractivity contribution >= 4 is 29.4 Å². The van der Waals surface area contributed by atoms with Gasteiger partial charge in [-0.1, -0.05) is 11.6 Å². The Hall–Kier alpha value is -2.28. The number of ether oxygens (including phenoxy) is 1. The highest BCUT2D eigenvalue weighted by atomic mass is 35.5. The van der Waals surface area contributed by atoms with Crippen molar-refractivity contribution in [3.05, 3.63) is 28.8 Å². The molecule has 0 aliphatic carbocycles. The van der Waals surface area contributed by atoms with Gasteiger partial charge in [-0.05, 0) is 37.6 Å². The number of nitrogens with one attached hydrogen (secondary N) is 1. The minimum absolute atomic E-state index is 0.0783. The van der Waals surface area contributed by atoms with Crippen LogP contribution in [0.2, 0.25) is 5.02 Å². The molecule has 0 saturated heterocycles. The molecule has 1 aromatic rings. The van der Waals surface area contributed by atoms with Crippen LogP contribution >= 0.6 is 11.6 Å². The number of nitrogens with zero attached hydrogens (tertiary/aromatic N) is 1. The Bertz CT molecular complexity index is 620. The second-order valence-corrected chi connectivity index (χ2v) is 5.69. The fourth-order valence-electron chi connectivity index (χ4n) is 1.95. The van der Waals surface area contributed by atoms with Gasteiger partial charge in [0.05, 0.1) is 0 Å². The lowest BCUT2D eigenvalue weighted by molar-refractivity contribution is -0.150. The van der Waals surface area contributed by atoms with Gasteiger partial charge in [-0.3, -0.25) is 9.59 Å². The standard InChI is InChI=1S/C16H21ClN2O5/c1-10-8-13(4-5-14(10)17)24-9-15(21)19(11(2)16(22)23)7-6-18-12(3)20/h4-5,8,11H,6-7,9H2,1-3H3,(H,18,20)(H,22,23). The van der Waals surface area contributed by atoms with E-state index in [0.717, 1.165) is 10.5 Å². The molecule has 0 aliphatic rings. The highest BCUT2D eigenvalue weighted by molar-refractivity contribution is 6.31. The van der Waals surface area contributed by atoms with Crippen molar-refractivity contribution < 1.29 is 24.2 Å². The predicted molar refractivity (Wildman–Crippen MR) is 89.2 cm³/mol. The number of carbonyl (C=O) groups is 3. The summed E-state index contributed by atoms with van der Waals surface area (Å²) in [6.45, 7) is 4.49. The summed E-state index contributed by atoms with van der Waals surface area (Å²) in [6.07, 6.45) is 0. The molecule has 7 nitrogen and oxygen atoms in total. The summed E-state index contributed by atoms with van der Waals surface area (Å²) in [5.41, 5.74) is 0.808. The number of halogens is 1. The van der Waals surface area contributed by atoms with Crippen LogP contribution in [-0.2, 0) is 14.4 Å². The first-order chi connectivity index (χ1) is 11.2. The molecule has 2 amide bonds. The third kappa shape index (κ3) is 6.08. The van der Waals surface area contributed by atoms with Gasteiger partial charge >= 0.3 is 5.97 Å². The topological polar surface area (TPSA) is 95.9 Å². The van der Waals surface area contributed by atoms with E-state index in [1.165, 1.54) is 13.8 Å². The number of hydrogen-bond acceptors (Lipinski definition) is 4. The zero-order chi connectivity index (χ0) is 18.3. The van der Waals surface area contributed by atoms with Crippen molar-refractivity contribution in [1.29, 1.82) is 0 Å². The third-order valence-corrected chi connectivity index (χ3v) is 3.79. The van der Waals surface area contributed by atoms with Gasteiger partial charge in [0.25, 0.3) is 5.91 Å². The number of benzene rings is 1. The molecule has 0 aromatic heterocycles. The molecule has 1 unspecified atom stereocenters. The van der Waals surface area contributed by atoms with Crippen molar-refractivity contribution in [3.63, 3.8) is 0 Å². The van der Waals surface area contributed by atoms with Crippen molar-refractivity contribution in [1.82, 2.24) is 10.2 Å². The molecule has 0 aliphatic heterocycles. The van der Waals surface area contributed by atoms with E-state index < -0.39 is 17.9 Å². The Morgan fingerprint density at radius 2 is 2.04 bits per heavy atom. The quantitative estimate of drug-likeness (QED) is 0.735. The number of aliphatic carboxylic acids is 1. The molecule has 0 spiro atoms. The summed E-state index contributed by atoms with van der Waals surface area (Å²) in [6, 6.07) is 3.95. The maximum Gasteiger partial charge on any atom is 0.326 e. The number of carboxylic acids is 1. The van der Waals surface area contributed by atoms with Gasteiger partial charge in [-0.15, -0.1) is 0 Å². The zero-order valence-electron chi connectivity index (χ0n) is 13.8. The van der Waals surface area contributed by atoms with Crippen LogP contribution in [0, 0.1) is 6.92 Å². The van der Waals surface area contributed by atoms with E-state index in [-0.39, 0.29) is 25.6 Å². The molecular weight excluding hydrogens is 336 g/mol. The highest BCUT2D eigenvalue weighted by Crippen LogP contribution is 2.21. The molecule has 0 saturated carbocycles. The molecule has 0 radical (unpaired) electrons. The second-order valence-electron chi connectivity index (χ2n) is 5.28. The van der Waals surface area contributed by atoms with E-state index in [1.54, 1.807) is 18.2 Å². The Balaban J connectivity index is 2.70. The maximum absolute atomic E-state index is 12.3.